The second kappa shape index (κ2) is 7.31. The molecule has 1 aromatic carbocycles. The van der Waals surface area contributed by atoms with Gasteiger partial charge in [-0.05, 0) is 36.9 Å². The molecule has 0 saturated heterocycles. The fourth-order valence-corrected chi connectivity index (χ4v) is 2.53. The number of rotatable bonds is 7. The first kappa shape index (κ1) is 15.6. The quantitative estimate of drug-likeness (QED) is 0.835. The van der Waals surface area contributed by atoms with E-state index in [-0.39, 0.29) is 0 Å². The number of anilines is 1. The molecule has 0 aliphatic heterocycles. The van der Waals surface area contributed by atoms with Crippen molar-refractivity contribution in [1.82, 2.24) is 0 Å². The van der Waals surface area contributed by atoms with Crippen LogP contribution >= 0.6 is 11.8 Å². The average Bonchev–Trinajstić information content (AvgIpc) is 2.93. The number of ether oxygens (including phenoxy) is 2. The van der Waals surface area contributed by atoms with Gasteiger partial charge in [-0.1, -0.05) is 0 Å². The molecule has 0 aliphatic carbocycles. The summed E-state index contributed by atoms with van der Waals surface area (Å²) >= 11 is 1.75. The number of aryl methyl sites for hydroxylation is 1. The molecule has 5 heteroatoms. The fraction of sp³-hybridized carbons (Fsp3) is 0.375. The SMILES string of the molecule is COc1cc(C)c(NCc2ccc(CSC)o2)cc1OC. The Morgan fingerprint density at radius 3 is 2.43 bits per heavy atom. The van der Waals surface area contributed by atoms with Gasteiger partial charge in [0.25, 0.3) is 0 Å². The second-order valence-electron chi connectivity index (χ2n) is 4.68. The van der Waals surface area contributed by atoms with Gasteiger partial charge >= 0.3 is 0 Å². The molecule has 0 aliphatic rings. The zero-order chi connectivity index (χ0) is 15.2. The van der Waals surface area contributed by atoms with Gasteiger partial charge in [-0.2, -0.15) is 11.8 Å². The van der Waals surface area contributed by atoms with E-state index in [0.29, 0.717) is 12.3 Å². The van der Waals surface area contributed by atoms with Gasteiger partial charge in [-0.15, -0.1) is 0 Å². The number of methoxy groups -OCH3 is 2. The predicted molar refractivity (Wildman–Crippen MR) is 87.5 cm³/mol. The summed E-state index contributed by atoms with van der Waals surface area (Å²) in [5, 5.41) is 3.37. The number of thioether (sulfide) groups is 1. The van der Waals surface area contributed by atoms with Crippen LogP contribution in [0.15, 0.2) is 28.7 Å². The van der Waals surface area contributed by atoms with Crippen molar-refractivity contribution < 1.29 is 13.9 Å². The molecule has 2 rings (SSSR count). The van der Waals surface area contributed by atoms with E-state index in [9.17, 15) is 0 Å². The van der Waals surface area contributed by atoms with Crippen molar-refractivity contribution in [1.29, 1.82) is 0 Å². The lowest BCUT2D eigenvalue weighted by atomic mass is 10.1. The minimum Gasteiger partial charge on any atom is -0.493 e. The van der Waals surface area contributed by atoms with Crippen LogP contribution in [0.25, 0.3) is 0 Å². The summed E-state index contributed by atoms with van der Waals surface area (Å²) in [6, 6.07) is 7.94. The van der Waals surface area contributed by atoms with E-state index < -0.39 is 0 Å². The molecule has 0 amide bonds. The van der Waals surface area contributed by atoms with Crippen LogP contribution in [-0.4, -0.2) is 20.5 Å². The van der Waals surface area contributed by atoms with Crippen molar-refractivity contribution in [2.45, 2.75) is 19.2 Å². The van der Waals surface area contributed by atoms with Gasteiger partial charge in [-0.25, -0.2) is 0 Å². The monoisotopic (exact) mass is 307 g/mol. The molecule has 0 unspecified atom stereocenters. The Bertz CT molecular complexity index is 595. The van der Waals surface area contributed by atoms with E-state index >= 15 is 0 Å². The minimum absolute atomic E-state index is 0.644. The van der Waals surface area contributed by atoms with Crippen molar-refractivity contribution >= 4 is 17.4 Å². The number of nitrogens with one attached hydrogen (secondary N) is 1. The lowest BCUT2D eigenvalue weighted by Gasteiger charge is -2.13. The molecule has 0 radical (unpaired) electrons. The van der Waals surface area contributed by atoms with Gasteiger partial charge in [0.15, 0.2) is 11.5 Å². The summed E-state index contributed by atoms with van der Waals surface area (Å²) < 4.78 is 16.4. The third-order valence-corrected chi connectivity index (χ3v) is 3.76. The molecule has 2 aromatic rings. The number of benzene rings is 1. The summed E-state index contributed by atoms with van der Waals surface area (Å²) in [4.78, 5) is 0. The molecule has 1 aromatic heterocycles. The van der Waals surface area contributed by atoms with Crippen molar-refractivity contribution in [2.24, 2.45) is 0 Å². The van der Waals surface area contributed by atoms with E-state index in [2.05, 4.69) is 11.6 Å². The number of hydrogen-bond donors (Lipinski definition) is 1. The maximum atomic E-state index is 5.75. The largest absolute Gasteiger partial charge is 0.493 e. The zero-order valence-electron chi connectivity index (χ0n) is 12.9. The predicted octanol–water partition coefficient (Wildman–Crippen LogP) is 4.08. The smallest absolute Gasteiger partial charge is 0.162 e. The van der Waals surface area contributed by atoms with Crippen LogP contribution in [0.1, 0.15) is 17.1 Å². The van der Waals surface area contributed by atoms with Gasteiger partial charge in [-0.3, -0.25) is 0 Å². The lowest BCUT2D eigenvalue weighted by Crippen LogP contribution is -2.01. The standard InChI is InChI=1S/C16H21NO3S/c1-11-7-15(18-2)16(19-3)8-14(11)17-9-12-5-6-13(20-12)10-21-4/h5-8,17H,9-10H2,1-4H3. The highest BCUT2D eigenvalue weighted by Crippen LogP contribution is 2.33. The summed E-state index contributed by atoms with van der Waals surface area (Å²) in [6.45, 7) is 2.68. The Hall–Kier alpha value is -1.75. The highest BCUT2D eigenvalue weighted by molar-refractivity contribution is 7.97. The molecule has 0 fully saturated rings. The van der Waals surface area contributed by atoms with Crippen LogP contribution in [0.4, 0.5) is 5.69 Å². The van der Waals surface area contributed by atoms with Crippen LogP contribution in [0.2, 0.25) is 0 Å². The maximum Gasteiger partial charge on any atom is 0.162 e. The molecule has 114 valence electrons. The van der Waals surface area contributed by atoms with Crippen molar-refractivity contribution in [3.8, 4) is 11.5 Å². The summed E-state index contributed by atoms with van der Waals surface area (Å²) in [5.41, 5.74) is 2.11. The van der Waals surface area contributed by atoms with E-state index in [0.717, 1.165) is 34.3 Å². The molecule has 0 bridgehead atoms. The lowest BCUT2D eigenvalue weighted by molar-refractivity contribution is 0.355. The Labute approximate surface area is 129 Å². The van der Waals surface area contributed by atoms with E-state index in [4.69, 9.17) is 13.9 Å². The van der Waals surface area contributed by atoms with Gasteiger partial charge in [0, 0.05) is 11.8 Å². The molecule has 0 saturated carbocycles. The Morgan fingerprint density at radius 1 is 1.10 bits per heavy atom. The third-order valence-electron chi connectivity index (χ3n) is 3.19. The van der Waals surface area contributed by atoms with Gasteiger partial charge in [0.1, 0.15) is 11.5 Å². The topological polar surface area (TPSA) is 43.6 Å². The van der Waals surface area contributed by atoms with Crippen LogP contribution in [0, 0.1) is 6.92 Å². The number of furan rings is 1. The molecule has 1 N–H and O–H groups in total. The molecular formula is C16H21NO3S. The van der Waals surface area contributed by atoms with Crippen molar-refractivity contribution in [3.05, 3.63) is 41.3 Å². The summed E-state index contributed by atoms with van der Waals surface area (Å²) in [6.07, 6.45) is 2.06. The van der Waals surface area contributed by atoms with Gasteiger partial charge < -0.3 is 19.2 Å². The Balaban J connectivity index is 2.08. The molecule has 4 nitrogen and oxygen atoms in total. The molecule has 0 spiro atoms. The highest BCUT2D eigenvalue weighted by atomic mass is 32.2. The average molecular weight is 307 g/mol. The van der Waals surface area contributed by atoms with E-state index in [1.165, 1.54) is 0 Å². The molecular weight excluding hydrogens is 286 g/mol. The number of hydrogen-bond acceptors (Lipinski definition) is 5. The van der Waals surface area contributed by atoms with Gasteiger partial charge in [0.2, 0.25) is 0 Å². The van der Waals surface area contributed by atoms with Crippen LogP contribution in [-0.2, 0) is 12.3 Å². The molecule has 21 heavy (non-hydrogen) atoms. The fourth-order valence-electron chi connectivity index (χ4n) is 2.09. The van der Waals surface area contributed by atoms with Crippen molar-refractivity contribution in [2.75, 3.05) is 25.8 Å². The Kier molecular flexibility index (Phi) is 5.44. The summed E-state index contributed by atoms with van der Waals surface area (Å²) in [7, 11) is 3.28. The van der Waals surface area contributed by atoms with Gasteiger partial charge in [0.05, 0.1) is 26.5 Å². The zero-order valence-corrected chi connectivity index (χ0v) is 13.7. The van der Waals surface area contributed by atoms with Crippen LogP contribution in [0.5, 0.6) is 11.5 Å². The minimum atomic E-state index is 0.644. The summed E-state index contributed by atoms with van der Waals surface area (Å²) in [5.74, 6) is 4.28. The van der Waals surface area contributed by atoms with Crippen LogP contribution < -0.4 is 14.8 Å². The Morgan fingerprint density at radius 2 is 1.76 bits per heavy atom. The van der Waals surface area contributed by atoms with E-state index in [1.54, 1.807) is 26.0 Å². The third kappa shape index (κ3) is 3.88. The maximum absolute atomic E-state index is 5.75. The first-order valence-corrected chi connectivity index (χ1v) is 8.10. The van der Waals surface area contributed by atoms with Crippen LogP contribution in [0.3, 0.4) is 0 Å². The second-order valence-corrected chi connectivity index (χ2v) is 5.54. The van der Waals surface area contributed by atoms with E-state index in [1.807, 2.05) is 31.2 Å². The normalized spacial score (nSPS) is 10.5. The molecule has 0 atom stereocenters. The first-order valence-electron chi connectivity index (χ1n) is 6.71. The first-order chi connectivity index (χ1) is 10.2. The van der Waals surface area contributed by atoms with Crippen molar-refractivity contribution in [3.63, 3.8) is 0 Å². The molecule has 1 heterocycles. The highest BCUT2D eigenvalue weighted by Gasteiger charge is 2.09.